The van der Waals surface area contributed by atoms with E-state index in [-0.39, 0.29) is 76.8 Å². The number of allylic oxidation sites excluding steroid dienone is 2. The van der Waals surface area contributed by atoms with Crippen molar-refractivity contribution in [1.29, 1.82) is 0 Å². The smallest absolute Gasteiger partial charge is 0.550 e. The van der Waals surface area contributed by atoms with E-state index in [0.29, 0.717) is 77.2 Å². The normalized spacial score (nSPS) is 41.0. The number of carboxylic acids is 1. The molecule has 3 N–H and O–H groups in total. The van der Waals surface area contributed by atoms with E-state index in [2.05, 4.69) is 77.2 Å². The first-order valence-corrected chi connectivity index (χ1v) is 34.8. The molecular weight excluding hydrogens is 1160 g/mol. The molecule has 1 amide bonds. The van der Waals surface area contributed by atoms with E-state index in [1.165, 1.54) is 62.8 Å². The molecule has 0 bridgehead atoms. The van der Waals surface area contributed by atoms with Crippen LogP contribution in [0.2, 0.25) is 0 Å². The summed E-state index contributed by atoms with van der Waals surface area (Å²) in [4.78, 5) is 53.8. The maximum absolute atomic E-state index is 13.5. The van der Waals surface area contributed by atoms with Gasteiger partial charge in [-0.15, -0.1) is 5.00 Å². The summed E-state index contributed by atoms with van der Waals surface area (Å²) in [6.45, 7) is 22.8. The molecule has 488 valence electrons. The molecule has 4 heterocycles. The van der Waals surface area contributed by atoms with Gasteiger partial charge in [0.2, 0.25) is 0 Å². The second-order valence-electron chi connectivity index (χ2n) is 31.0. The van der Waals surface area contributed by atoms with Crippen molar-refractivity contribution in [2.24, 2.45) is 87.0 Å². The van der Waals surface area contributed by atoms with Crippen molar-refractivity contribution in [3.05, 3.63) is 94.1 Å². The van der Waals surface area contributed by atoms with E-state index in [1.807, 2.05) is 65.6 Å². The van der Waals surface area contributed by atoms with Crippen molar-refractivity contribution in [1.82, 2.24) is 14.8 Å². The molecule has 90 heavy (non-hydrogen) atoms. The van der Waals surface area contributed by atoms with Crippen molar-refractivity contribution >= 4 is 41.1 Å². The molecule has 2 aromatic carbocycles. The Morgan fingerprint density at radius 1 is 0.711 bits per heavy atom. The Hall–Kier alpha value is -3.44. The van der Waals surface area contributed by atoms with Crippen LogP contribution in [0.3, 0.4) is 0 Å². The van der Waals surface area contributed by atoms with Crippen LogP contribution in [0.4, 0.5) is 4.79 Å². The Bertz CT molecular complexity index is 3000. The number of Topliss-reactive ketones (excluding diaryl/α,β-unsaturated/α-hetero) is 2. The summed E-state index contributed by atoms with van der Waals surface area (Å²) in [5.74, 6) is 6.96. The molecule has 16 heteroatoms. The molecule has 0 unspecified atom stereocenters. The number of benzene rings is 2. The van der Waals surface area contributed by atoms with E-state index in [4.69, 9.17) is 29.3 Å². The van der Waals surface area contributed by atoms with Crippen LogP contribution in [0.25, 0.3) is 0 Å². The molecular formula is C74H104ClN4NaO10. The molecule has 14 rings (SSSR count). The van der Waals surface area contributed by atoms with E-state index in [1.54, 1.807) is 22.3 Å². The molecule has 8 aliphatic carbocycles. The fourth-order valence-corrected chi connectivity index (χ4v) is 22.0. The van der Waals surface area contributed by atoms with Crippen LogP contribution in [-0.2, 0) is 30.4 Å². The molecule has 4 saturated heterocycles. The molecule has 0 aromatic heterocycles. The number of halogens is 1. The fourth-order valence-electron chi connectivity index (χ4n) is 22.0. The van der Waals surface area contributed by atoms with Crippen molar-refractivity contribution < 1.29 is 78.5 Å². The average Bonchev–Trinajstić information content (AvgIpc) is 1.60. The summed E-state index contributed by atoms with van der Waals surface area (Å²) in [6.07, 6.45) is 22.4. The second kappa shape index (κ2) is 28.5. The third kappa shape index (κ3) is 13.4. The van der Waals surface area contributed by atoms with Gasteiger partial charge in [0.1, 0.15) is 12.4 Å². The number of ketones is 2. The number of carboxylic acid groups (broad SMARTS) is 1. The third-order valence-electron chi connectivity index (χ3n) is 26.3. The van der Waals surface area contributed by atoms with Gasteiger partial charge in [-0.05, 0) is 212 Å². The quantitative estimate of drug-likeness (QED) is 0.0642. The molecule has 12 aliphatic rings. The zero-order valence-electron chi connectivity index (χ0n) is 55.9. The predicted octanol–water partition coefficient (Wildman–Crippen LogP) is 11.1. The number of amides is 1. The average molecular weight is 1270 g/mol. The first kappa shape index (κ1) is 69.4. The van der Waals surface area contributed by atoms with Gasteiger partial charge >= 0.3 is 35.7 Å². The molecule has 2 aromatic rings. The standard InChI is InChI=1S/C36H50N2O3.C36H49NO4.C2H4O2.ClH2NO.Na/c1-22-16-33-34(38(20-22)21-32(39)25-8-6-5-7-9-25)24(3)36(41-33)15-13-28-29-11-10-26-17-27(37-40)12-14-35(26,4)31(29)18-30(28)23(2)19-36;1-22-16-32-33(37(20-22)34(39)40-21-25-8-6-5-7-9-25)24(3)36(41-32)15-13-28-29-11-10-26-17-27(38)12-14-35(26,4)31(29)18-30(28)23(2)19-36;1-2(3)4;1-2-3;/h5-9,22,24,26,28-29,31,33-34,40H,10-21H2,1-4H3;5-9,22,24,26,28-29,31-33H,10-21H2,1-4H3;1H3,(H,3,4);2-3H;/q;;;;+1/p-1/t22-,24+,26+,28-,29-,31-,33+,34-,35-,36-;22-,24+,26+,28-,29-,31-,32+,33-,35-,36-;;;/m00.../s1. The summed E-state index contributed by atoms with van der Waals surface area (Å²) in [5.41, 5.74) is 9.94. The SMILES string of the molecule is CC(=O)[O-].CC1=C2C[C@H]3[C@@H](CC[C@@H]4CC(=NO)CC[C@@]43C)[C@@H]2CC[C@@]2(C1)O[C@@H]1C[C@H](C)CN(CC(=O)c3ccccc3)[C@H]1[C@H]2C.CC1=C2C[C@H]3[C@@H](CC[C@@H]4CC(=O)CC[C@@]43C)[C@@H]2CC[C@@]2(C1)O[C@@H]1C[C@H](C)CN(C(=O)OCc3ccccc3)[C@H]1[C@H]2C.ONCl.[Na+]. The molecule has 14 nitrogen and oxygen atoms in total. The van der Waals surface area contributed by atoms with Gasteiger partial charge in [-0.2, -0.15) is 0 Å². The number of fused-ring (bicyclic) bond motifs is 12. The van der Waals surface area contributed by atoms with Gasteiger partial charge in [0, 0.05) is 67.1 Å². The zero-order chi connectivity index (χ0) is 63.3. The van der Waals surface area contributed by atoms with E-state index in [0.717, 1.165) is 131 Å². The van der Waals surface area contributed by atoms with Crippen LogP contribution in [-0.4, -0.2) is 105 Å². The molecule has 4 aliphatic heterocycles. The minimum absolute atomic E-state index is 0. The van der Waals surface area contributed by atoms with Crippen LogP contribution in [0.15, 0.2) is 88.1 Å². The van der Waals surface area contributed by atoms with Gasteiger partial charge in [-0.1, -0.05) is 130 Å². The van der Waals surface area contributed by atoms with Crippen LogP contribution < -0.4 is 39.7 Å². The number of nitrogens with zero attached hydrogens (tertiary/aromatic N) is 3. The summed E-state index contributed by atoms with van der Waals surface area (Å²) in [5, 5.41) is 29.1. The number of rotatable bonds is 5. The maximum atomic E-state index is 13.5. The van der Waals surface area contributed by atoms with Gasteiger partial charge < -0.3 is 39.4 Å². The van der Waals surface area contributed by atoms with Crippen molar-refractivity contribution in [2.75, 3.05) is 19.6 Å². The molecule has 0 radical (unpaired) electrons. The number of aliphatic carboxylic acids is 1. The van der Waals surface area contributed by atoms with Crippen LogP contribution in [0.5, 0.6) is 0 Å². The Labute approximate surface area is 564 Å². The molecule has 2 spiro atoms. The number of carbonyl (C=O) groups excluding carboxylic acids is 4. The Morgan fingerprint density at radius 3 is 1.74 bits per heavy atom. The summed E-state index contributed by atoms with van der Waals surface area (Å²) in [6, 6.07) is 20.2. The van der Waals surface area contributed by atoms with Gasteiger partial charge in [0.05, 0.1) is 41.7 Å². The Morgan fingerprint density at radius 2 is 1.20 bits per heavy atom. The zero-order valence-corrected chi connectivity index (χ0v) is 58.6. The van der Waals surface area contributed by atoms with Crippen molar-refractivity contribution in [2.45, 2.75) is 233 Å². The maximum Gasteiger partial charge on any atom is 1.00 e. The van der Waals surface area contributed by atoms with E-state index < -0.39 is 5.97 Å². The number of hydrogen-bond donors (Lipinski definition) is 3. The van der Waals surface area contributed by atoms with Crippen molar-refractivity contribution in [3.8, 4) is 0 Å². The van der Waals surface area contributed by atoms with Gasteiger partial charge in [0.25, 0.3) is 0 Å². The molecule has 10 fully saturated rings. The van der Waals surface area contributed by atoms with Crippen LogP contribution in [0.1, 0.15) is 207 Å². The first-order valence-electron chi connectivity index (χ1n) is 34.5. The number of likely N-dealkylation sites (tertiary alicyclic amines) is 2. The fraction of sp³-hybridized carbons (Fsp3) is 0.716. The second-order valence-corrected chi connectivity index (χ2v) is 31.2. The largest absolute Gasteiger partial charge is 1.00 e. The van der Waals surface area contributed by atoms with Gasteiger partial charge in [-0.3, -0.25) is 14.5 Å². The molecule has 6 saturated carbocycles. The number of ether oxygens (including phenoxy) is 3. The number of hydrogen-bond acceptors (Lipinski definition) is 13. The van der Waals surface area contributed by atoms with Gasteiger partial charge in [0.15, 0.2) is 5.78 Å². The summed E-state index contributed by atoms with van der Waals surface area (Å²) >= 11 is 4.30. The first-order chi connectivity index (χ1) is 42.5. The number of carbonyl (C=O) groups is 4. The molecule has 20 atom stereocenters. The number of nitrogens with one attached hydrogen (secondary N) is 1. The Kier molecular flexibility index (Phi) is 22.0. The van der Waals surface area contributed by atoms with E-state index in [9.17, 15) is 19.6 Å². The van der Waals surface area contributed by atoms with Crippen LogP contribution in [0, 0.1) is 81.8 Å². The minimum Gasteiger partial charge on any atom is -0.550 e. The Balaban J connectivity index is 0.000000178. The topological polar surface area (TPSA) is 190 Å². The predicted molar refractivity (Wildman–Crippen MR) is 343 cm³/mol. The van der Waals surface area contributed by atoms with Crippen molar-refractivity contribution in [3.63, 3.8) is 0 Å². The summed E-state index contributed by atoms with van der Waals surface area (Å²) < 4.78 is 20.3. The number of piperidine rings is 2. The summed E-state index contributed by atoms with van der Waals surface area (Å²) in [7, 11) is 0. The third-order valence-corrected chi connectivity index (χ3v) is 26.3. The number of oxime groups is 1. The monoisotopic (exact) mass is 1270 g/mol. The van der Waals surface area contributed by atoms with Gasteiger partial charge in [-0.25, -0.2) is 4.79 Å². The van der Waals surface area contributed by atoms with Crippen LogP contribution >= 0.6 is 11.8 Å². The minimum atomic E-state index is -1.08. The van der Waals surface area contributed by atoms with E-state index >= 15 is 0 Å².